The van der Waals surface area contributed by atoms with Crippen LogP contribution in [0.15, 0.2) is 0 Å². The van der Waals surface area contributed by atoms with Crippen molar-refractivity contribution in [2.75, 3.05) is 0 Å². The second kappa shape index (κ2) is 3.67. The van der Waals surface area contributed by atoms with Crippen molar-refractivity contribution in [1.29, 1.82) is 0 Å². The van der Waals surface area contributed by atoms with Crippen molar-refractivity contribution < 1.29 is 26.3 Å². The topological polar surface area (TPSA) is 0 Å². The molecule has 0 bridgehead atoms. The molecule has 0 aromatic carbocycles. The van der Waals surface area contributed by atoms with Crippen molar-refractivity contribution in [3.63, 3.8) is 0 Å². The standard InChI is InChI=1S/C3H3F6PTe/c1-11-10(2(4,5)6)3(7,8)9/h1H3. The summed E-state index contributed by atoms with van der Waals surface area (Å²) >= 11 is -1.99. The third-order valence-electron chi connectivity index (χ3n) is 0.643. The Morgan fingerprint density at radius 1 is 0.909 bits per heavy atom. The third-order valence-corrected chi connectivity index (χ3v) is 8.60. The monoisotopic (exact) mass is 314 g/mol. The Bertz CT molecular complexity index is 113. The van der Waals surface area contributed by atoms with Crippen LogP contribution in [0.5, 0.6) is 0 Å². The first-order valence-corrected chi connectivity index (χ1v) is 8.89. The molecular formula is C3H3F6PTe. The first-order valence-electron chi connectivity index (χ1n) is 2.17. The van der Waals surface area contributed by atoms with Crippen LogP contribution in [-0.2, 0) is 0 Å². The molecule has 0 aromatic rings. The van der Waals surface area contributed by atoms with Crippen LogP contribution in [0, 0.1) is 0 Å². The van der Waals surface area contributed by atoms with Crippen LogP contribution in [0.25, 0.3) is 0 Å². The Morgan fingerprint density at radius 3 is 1.18 bits per heavy atom. The van der Waals surface area contributed by atoms with E-state index in [-0.39, 0.29) is 0 Å². The zero-order valence-electron chi connectivity index (χ0n) is 5.12. The molecule has 0 aliphatic carbocycles. The fraction of sp³-hybridized carbons (Fsp3) is 1.00. The van der Waals surface area contributed by atoms with Gasteiger partial charge in [-0.05, 0) is 0 Å². The van der Waals surface area contributed by atoms with Crippen molar-refractivity contribution in [2.24, 2.45) is 0 Å². The first kappa shape index (κ1) is 11.8. The molecule has 0 amide bonds. The zero-order valence-corrected chi connectivity index (χ0v) is 8.35. The van der Waals surface area contributed by atoms with Gasteiger partial charge in [0.2, 0.25) is 0 Å². The Hall–Kier alpha value is 0.800. The summed E-state index contributed by atoms with van der Waals surface area (Å²) in [6.07, 6.45) is 0. The molecule has 8 heteroatoms. The number of rotatable bonds is 1. The summed E-state index contributed by atoms with van der Waals surface area (Å²) in [5.74, 6) is -10.1. The van der Waals surface area contributed by atoms with Crippen LogP contribution in [0.2, 0.25) is 4.97 Å². The summed E-state index contributed by atoms with van der Waals surface area (Å²) in [5, 5.41) is 0. The number of hydrogen-bond acceptors (Lipinski definition) is 0. The van der Waals surface area contributed by atoms with Crippen molar-refractivity contribution >= 4 is 26.0 Å². The Kier molecular flexibility index (Phi) is 3.94. The van der Waals surface area contributed by atoms with Crippen molar-refractivity contribution in [1.82, 2.24) is 0 Å². The molecule has 0 aliphatic rings. The number of hydrogen-bond donors (Lipinski definition) is 0. The van der Waals surface area contributed by atoms with Crippen molar-refractivity contribution in [2.45, 2.75) is 16.8 Å². The van der Waals surface area contributed by atoms with E-state index in [1.54, 1.807) is 0 Å². The van der Waals surface area contributed by atoms with Gasteiger partial charge in [0.15, 0.2) is 0 Å². The summed E-state index contributed by atoms with van der Waals surface area (Å²) in [4.78, 5) is 1.01. The fourth-order valence-electron chi connectivity index (χ4n) is 0.351. The van der Waals surface area contributed by atoms with Gasteiger partial charge >= 0.3 is 69.1 Å². The van der Waals surface area contributed by atoms with Gasteiger partial charge in [0.1, 0.15) is 0 Å². The zero-order chi connectivity index (χ0) is 9.28. The van der Waals surface area contributed by atoms with Gasteiger partial charge in [-0.3, -0.25) is 0 Å². The first-order chi connectivity index (χ1) is 4.69. The summed E-state index contributed by atoms with van der Waals surface area (Å²) in [7, 11) is 0. The van der Waals surface area contributed by atoms with Crippen molar-refractivity contribution in [3.05, 3.63) is 0 Å². The molecule has 0 unspecified atom stereocenters. The SMILES string of the molecule is C[Te]P(C(F)(F)F)C(F)(F)F. The van der Waals surface area contributed by atoms with E-state index in [1.165, 1.54) is 0 Å². The summed E-state index contributed by atoms with van der Waals surface area (Å²) in [6, 6.07) is 0. The maximum absolute atomic E-state index is 11.6. The van der Waals surface area contributed by atoms with Gasteiger partial charge in [-0.15, -0.1) is 0 Å². The van der Waals surface area contributed by atoms with Crippen LogP contribution in [0.4, 0.5) is 26.3 Å². The molecule has 0 rings (SSSR count). The van der Waals surface area contributed by atoms with Crippen LogP contribution in [-0.4, -0.2) is 32.2 Å². The van der Waals surface area contributed by atoms with Crippen LogP contribution < -0.4 is 0 Å². The van der Waals surface area contributed by atoms with Gasteiger partial charge in [-0.1, -0.05) is 0 Å². The van der Waals surface area contributed by atoms with Crippen LogP contribution in [0.3, 0.4) is 0 Å². The van der Waals surface area contributed by atoms with Crippen molar-refractivity contribution in [3.8, 4) is 0 Å². The van der Waals surface area contributed by atoms with E-state index in [9.17, 15) is 26.3 Å². The van der Waals surface area contributed by atoms with E-state index < -0.39 is 37.8 Å². The third kappa shape index (κ3) is 3.82. The molecule has 0 nitrogen and oxygen atoms in total. The number of alkyl halides is 6. The van der Waals surface area contributed by atoms with E-state index in [0.717, 1.165) is 4.97 Å². The molecule has 0 fully saturated rings. The van der Waals surface area contributed by atoms with Gasteiger partial charge in [0.25, 0.3) is 0 Å². The maximum atomic E-state index is 11.6. The number of halogens is 6. The van der Waals surface area contributed by atoms with E-state index in [1.807, 2.05) is 0 Å². The molecular weight excluding hydrogens is 309 g/mol. The summed E-state index contributed by atoms with van der Waals surface area (Å²) in [6.45, 7) is 0. The molecule has 0 saturated heterocycles. The minimum atomic E-state index is -5.05. The van der Waals surface area contributed by atoms with Gasteiger partial charge in [0.05, 0.1) is 0 Å². The second-order valence-corrected chi connectivity index (χ2v) is 9.63. The minimum absolute atomic E-state index is 1.01. The molecule has 0 saturated carbocycles. The normalized spacial score (nSPS) is 14.2. The molecule has 11 heavy (non-hydrogen) atoms. The molecule has 0 atom stereocenters. The Morgan fingerprint density at radius 2 is 1.18 bits per heavy atom. The Balaban J connectivity index is 4.43. The van der Waals surface area contributed by atoms with Gasteiger partial charge < -0.3 is 0 Å². The fourth-order valence-corrected chi connectivity index (χ4v) is 4.60. The van der Waals surface area contributed by atoms with E-state index in [2.05, 4.69) is 0 Å². The van der Waals surface area contributed by atoms with Gasteiger partial charge in [-0.2, -0.15) is 0 Å². The van der Waals surface area contributed by atoms with E-state index in [0.29, 0.717) is 0 Å². The predicted octanol–water partition coefficient (Wildman–Crippen LogP) is 3.18. The molecule has 0 aromatic heterocycles. The quantitative estimate of drug-likeness (QED) is 0.396. The van der Waals surface area contributed by atoms with Gasteiger partial charge in [-0.25, -0.2) is 0 Å². The van der Waals surface area contributed by atoms with E-state index >= 15 is 0 Å². The summed E-state index contributed by atoms with van der Waals surface area (Å²) in [5.41, 5.74) is -3.71. The molecule has 0 radical (unpaired) electrons. The molecule has 0 spiro atoms. The van der Waals surface area contributed by atoms with Crippen LogP contribution in [0.1, 0.15) is 0 Å². The van der Waals surface area contributed by atoms with Gasteiger partial charge in [0, 0.05) is 0 Å². The average molecular weight is 312 g/mol. The molecule has 68 valence electrons. The average Bonchev–Trinajstić information content (AvgIpc) is 1.56. The summed E-state index contributed by atoms with van der Waals surface area (Å²) < 4.78 is 69.3. The predicted molar refractivity (Wildman–Crippen MR) is 30.6 cm³/mol. The molecule has 0 heterocycles. The van der Waals surface area contributed by atoms with E-state index in [4.69, 9.17) is 0 Å². The molecule has 0 aliphatic heterocycles. The second-order valence-electron chi connectivity index (χ2n) is 1.41. The van der Waals surface area contributed by atoms with Crippen LogP contribution >= 0.6 is 5.61 Å². The molecule has 0 N–H and O–H groups in total. The Labute approximate surface area is 69.5 Å².